The van der Waals surface area contributed by atoms with Crippen LogP contribution in [-0.4, -0.2) is 25.0 Å². The third-order valence-electron chi connectivity index (χ3n) is 4.46. The number of ether oxygens (including phenoxy) is 2. The molecule has 4 rings (SSSR count). The van der Waals surface area contributed by atoms with E-state index < -0.39 is 0 Å². The van der Waals surface area contributed by atoms with Gasteiger partial charge in [0, 0.05) is 23.7 Å². The first-order valence-corrected chi connectivity index (χ1v) is 9.37. The van der Waals surface area contributed by atoms with E-state index in [0.29, 0.717) is 47.2 Å². The van der Waals surface area contributed by atoms with Crippen LogP contribution in [0.4, 0.5) is 11.4 Å². The molecule has 0 bridgehead atoms. The summed E-state index contributed by atoms with van der Waals surface area (Å²) in [7, 11) is 0. The van der Waals surface area contributed by atoms with Crippen LogP contribution in [-0.2, 0) is 0 Å². The van der Waals surface area contributed by atoms with Crippen molar-refractivity contribution in [3.8, 4) is 11.5 Å². The molecule has 3 aromatic rings. The average molecular weight is 388 g/mol. The maximum absolute atomic E-state index is 12.9. The molecule has 2 amide bonds. The molecule has 0 fully saturated rings. The van der Waals surface area contributed by atoms with Gasteiger partial charge in [-0.25, -0.2) is 0 Å². The number of hydrogen-bond donors (Lipinski definition) is 2. The van der Waals surface area contributed by atoms with Crippen LogP contribution >= 0.6 is 0 Å². The van der Waals surface area contributed by atoms with E-state index in [-0.39, 0.29) is 11.8 Å². The average Bonchev–Trinajstić information content (AvgIpc) is 2.99. The smallest absolute Gasteiger partial charge is 0.257 e. The first-order valence-electron chi connectivity index (χ1n) is 9.37. The minimum absolute atomic E-state index is 0.276. The summed E-state index contributed by atoms with van der Waals surface area (Å²) in [6, 6.07) is 21.0. The van der Waals surface area contributed by atoms with Crippen LogP contribution in [0.1, 0.15) is 27.1 Å². The predicted octanol–water partition coefficient (Wildman–Crippen LogP) is 4.35. The largest absolute Gasteiger partial charge is 0.490 e. The molecule has 1 heterocycles. The van der Waals surface area contributed by atoms with Crippen LogP contribution in [0.5, 0.6) is 11.5 Å². The number of para-hydroxylation sites is 1. The molecule has 6 heteroatoms. The molecule has 146 valence electrons. The quantitative estimate of drug-likeness (QED) is 0.697. The summed E-state index contributed by atoms with van der Waals surface area (Å²) < 4.78 is 11.3. The Morgan fingerprint density at radius 2 is 1.45 bits per heavy atom. The highest BCUT2D eigenvalue weighted by atomic mass is 16.5. The lowest BCUT2D eigenvalue weighted by atomic mass is 10.1. The summed E-state index contributed by atoms with van der Waals surface area (Å²) in [5.41, 5.74) is 1.91. The Labute approximate surface area is 168 Å². The predicted molar refractivity (Wildman–Crippen MR) is 111 cm³/mol. The summed E-state index contributed by atoms with van der Waals surface area (Å²) in [5.74, 6) is 0.659. The van der Waals surface area contributed by atoms with E-state index >= 15 is 0 Å². The molecule has 0 unspecified atom stereocenters. The van der Waals surface area contributed by atoms with Gasteiger partial charge in [0.1, 0.15) is 0 Å². The highest BCUT2D eigenvalue weighted by Gasteiger charge is 2.16. The van der Waals surface area contributed by atoms with Crippen molar-refractivity contribution < 1.29 is 19.1 Å². The molecule has 29 heavy (non-hydrogen) atoms. The monoisotopic (exact) mass is 388 g/mol. The van der Waals surface area contributed by atoms with Gasteiger partial charge in [-0.1, -0.05) is 30.3 Å². The molecule has 0 radical (unpaired) electrons. The van der Waals surface area contributed by atoms with Gasteiger partial charge in [0.05, 0.1) is 24.5 Å². The van der Waals surface area contributed by atoms with Crippen LogP contribution in [0, 0.1) is 0 Å². The Kier molecular flexibility index (Phi) is 5.42. The molecule has 0 spiro atoms. The zero-order chi connectivity index (χ0) is 20.1. The Balaban J connectivity index is 1.52. The van der Waals surface area contributed by atoms with Crippen LogP contribution < -0.4 is 20.1 Å². The fourth-order valence-electron chi connectivity index (χ4n) is 3.01. The molecular weight excluding hydrogens is 368 g/mol. The van der Waals surface area contributed by atoms with Crippen molar-refractivity contribution >= 4 is 23.2 Å². The molecule has 2 N–H and O–H groups in total. The summed E-state index contributed by atoms with van der Waals surface area (Å²) in [5, 5.41) is 5.66. The van der Waals surface area contributed by atoms with E-state index in [4.69, 9.17) is 9.47 Å². The molecule has 1 aliphatic rings. The summed E-state index contributed by atoms with van der Waals surface area (Å²) in [4.78, 5) is 25.3. The van der Waals surface area contributed by atoms with Crippen molar-refractivity contribution in [2.24, 2.45) is 0 Å². The summed E-state index contributed by atoms with van der Waals surface area (Å²) in [6.07, 6.45) is 0.810. The van der Waals surface area contributed by atoms with Crippen LogP contribution in [0.15, 0.2) is 72.8 Å². The Hall–Kier alpha value is -3.80. The lowest BCUT2D eigenvalue weighted by molar-refractivity contribution is 0.102. The Morgan fingerprint density at radius 3 is 2.28 bits per heavy atom. The molecule has 0 saturated heterocycles. The fraction of sp³-hybridized carbons (Fsp3) is 0.130. The number of carbonyl (C=O) groups is 2. The van der Waals surface area contributed by atoms with Crippen molar-refractivity contribution in [1.29, 1.82) is 0 Å². The second kappa shape index (κ2) is 8.48. The second-order valence-corrected chi connectivity index (χ2v) is 6.53. The molecule has 0 atom stereocenters. The van der Waals surface area contributed by atoms with E-state index in [2.05, 4.69) is 10.6 Å². The van der Waals surface area contributed by atoms with E-state index in [1.807, 2.05) is 6.07 Å². The number of hydrogen-bond acceptors (Lipinski definition) is 4. The third-order valence-corrected chi connectivity index (χ3v) is 4.46. The lowest BCUT2D eigenvalue weighted by Gasteiger charge is -2.13. The van der Waals surface area contributed by atoms with Gasteiger partial charge in [-0.3, -0.25) is 9.59 Å². The normalized spacial score (nSPS) is 12.6. The van der Waals surface area contributed by atoms with Crippen molar-refractivity contribution in [1.82, 2.24) is 0 Å². The molecule has 6 nitrogen and oxygen atoms in total. The number of fused-ring (bicyclic) bond motifs is 1. The zero-order valence-corrected chi connectivity index (χ0v) is 15.7. The van der Waals surface area contributed by atoms with Crippen molar-refractivity contribution in [3.05, 3.63) is 83.9 Å². The highest BCUT2D eigenvalue weighted by molar-refractivity contribution is 6.12. The van der Waals surface area contributed by atoms with Gasteiger partial charge in [-0.05, 0) is 36.4 Å². The topological polar surface area (TPSA) is 76.7 Å². The zero-order valence-electron chi connectivity index (χ0n) is 15.7. The molecule has 0 saturated carbocycles. The van der Waals surface area contributed by atoms with Crippen molar-refractivity contribution in [2.75, 3.05) is 23.8 Å². The number of benzene rings is 3. The van der Waals surface area contributed by atoms with E-state index in [0.717, 1.165) is 6.42 Å². The Bertz CT molecular complexity index is 1030. The summed E-state index contributed by atoms with van der Waals surface area (Å²) >= 11 is 0. The van der Waals surface area contributed by atoms with Crippen LogP contribution in [0.3, 0.4) is 0 Å². The number of nitrogens with one attached hydrogen (secondary N) is 2. The van der Waals surface area contributed by atoms with Crippen LogP contribution in [0.25, 0.3) is 0 Å². The summed E-state index contributed by atoms with van der Waals surface area (Å²) in [6.45, 7) is 1.17. The van der Waals surface area contributed by atoms with E-state index in [1.54, 1.807) is 66.7 Å². The highest BCUT2D eigenvalue weighted by Crippen LogP contribution is 2.32. The van der Waals surface area contributed by atoms with Crippen LogP contribution in [0.2, 0.25) is 0 Å². The number of rotatable bonds is 4. The number of carbonyl (C=O) groups excluding carboxylic acids is 2. The first-order chi connectivity index (χ1) is 14.2. The van der Waals surface area contributed by atoms with Gasteiger partial charge >= 0.3 is 0 Å². The van der Waals surface area contributed by atoms with Gasteiger partial charge in [-0.15, -0.1) is 0 Å². The number of amides is 2. The molecular formula is C23H20N2O4. The second-order valence-electron chi connectivity index (χ2n) is 6.53. The van der Waals surface area contributed by atoms with Gasteiger partial charge in [-0.2, -0.15) is 0 Å². The maximum atomic E-state index is 12.9. The minimum atomic E-state index is -0.330. The lowest BCUT2D eigenvalue weighted by Crippen LogP contribution is -2.18. The molecule has 0 aliphatic carbocycles. The van der Waals surface area contributed by atoms with Gasteiger partial charge in [0.15, 0.2) is 11.5 Å². The van der Waals surface area contributed by atoms with E-state index in [9.17, 15) is 9.59 Å². The Morgan fingerprint density at radius 1 is 0.724 bits per heavy atom. The minimum Gasteiger partial charge on any atom is -0.490 e. The molecule has 1 aliphatic heterocycles. The van der Waals surface area contributed by atoms with Gasteiger partial charge < -0.3 is 20.1 Å². The molecule has 3 aromatic carbocycles. The SMILES string of the molecule is O=C(Nc1ccccc1C(=O)Nc1ccc2c(c1)OCCCO2)c1ccccc1. The van der Waals surface area contributed by atoms with Gasteiger partial charge in [0.25, 0.3) is 11.8 Å². The van der Waals surface area contributed by atoms with E-state index in [1.165, 1.54) is 0 Å². The van der Waals surface area contributed by atoms with Crippen molar-refractivity contribution in [3.63, 3.8) is 0 Å². The third kappa shape index (κ3) is 4.38. The fourth-order valence-corrected chi connectivity index (χ4v) is 3.01. The van der Waals surface area contributed by atoms with Gasteiger partial charge in [0.2, 0.25) is 0 Å². The standard InChI is InChI=1S/C23H20N2O4/c26-22(16-7-2-1-3-8-16)25-19-10-5-4-9-18(19)23(27)24-17-11-12-20-21(15-17)29-14-6-13-28-20/h1-5,7-12,15H,6,13-14H2,(H,24,27)(H,25,26). The van der Waals surface area contributed by atoms with Crippen molar-refractivity contribution in [2.45, 2.75) is 6.42 Å². The maximum Gasteiger partial charge on any atom is 0.257 e. The molecule has 0 aromatic heterocycles. The first kappa shape index (κ1) is 18.6. The number of anilines is 2.